The zero-order valence-electron chi connectivity index (χ0n) is 12.4. The van der Waals surface area contributed by atoms with Gasteiger partial charge >= 0.3 is 5.95 Å². The molecule has 0 fully saturated rings. The molecular formula is C16H19BrFN3O. The Bertz CT molecular complexity index is 638. The summed E-state index contributed by atoms with van der Waals surface area (Å²) in [5.74, 6) is 0.446. The Kier molecular flexibility index (Phi) is 5.13. The van der Waals surface area contributed by atoms with Crippen LogP contribution in [-0.2, 0) is 12.3 Å². The van der Waals surface area contributed by atoms with Gasteiger partial charge in [-0.25, -0.2) is 13.9 Å². The maximum Gasteiger partial charge on any atom is 0.396 e. The zero-order valence-corrected chi connectivity index (χ0v) is 14.0. The number of hydrogen-bond acceptors (Lipinski definition) is 3. The van der Waals surface area contributed by atoms with Crippen molar-refractivity contribution in [1.82, 2.24) is 4.98 Å². The molecule has 1 N–H and O–H groups in total. The maximum absolute atomic E-state index is 13.1. The Labute approximate surface area is 140 Å². The molecule has 0 radical (unpaired) electrons. The van der Waals surface area contributed by atoms with Crippen molar-refractivity contribution in [2.24, 2.45) is 0 Å². The number of aromatic nitrogens is 2. The number of aliphatic hydroxyl groups is 1. The number of benzene rings is 1. The van der Waals surface area contributed by atoms with Gasteiger partial charge in [0.15, 0.2) is 0 Å². The fourth-order valence-corrected chi connectivity index (χ4v) is 2.79. The highest BCUT2D eigenvalue weighted by Crippen LogP contribution is 2.33. The molecule has 0 unspecified atom stereocenters. The van der Waals surface area contributed by atoms with Gasteiger partial charge in [0.2, 0.25) is 5.72 Å². The Hall–Kier alpha value is -1.53. The van der Waals surface area contributed by atoms with Gasteiger partial charge in [-0.2, -0.15) is 0 Å². The van der Waals surface area contributed by atoms with Gasteiger partial charge in [0.1, 0.15) is 18.6 Å². The molecule has 118 valence electrons. The van der Waals surface area contributed by atoms with Crippen molar-refractivity contribution in [1.29, 1.82) is 0 Å². The third-order valence-corrected chi connectivity index (χ3v) is 3.92. The minimum atomic E-state index is -1.18. The highest BCUT2D eigenvalue weighted by atomic mass is 79.9. The van der Waals surface area contributed by atoms with E-state index in [1.54, 1.807) is 18.3 Å². The number of halogens is 2. The van der Waals surface area contributed by atoms with Crippen LogP contribution in [-0.4, -0.2) is 16.6 Å². The summed E-state index contributed by atoms with van der Waals surface area (Å²) >= 11 is 0. The molecule has 2 aromatic rings. The van der Waals surface area contributed by atoms with Gasteiger partial charge in [0, 0.05) is 11.6 Å². The van der Waals surface area contributed by atoms with Crippen molar-refractivity contribution >= 4 is 5.95 Å². The second-order valence-electron chi connectivity index (χ2n) is 5.38. The summed E-state index contributed by atoms with van der Waals surface area (Å²) in [5, 5.41) is 11.2. The molecule has 22 heavy (non-hydrogen) atoms. The van der Waals surface area contributed by atoms with Gasteiger partial charge in [0.25, 0.3) is 0 Å². The monoisotopic (exact) mass is 367 g/mol. The van der Waals surface area contributed by atoms with E-state index in [0.717, 1.165) is 18.8 Å². The molecule has 0 saturated carbocycles. The molecule has 1 aliphatic rings. The Morgan fingerprint density at radius 3 is 2.77 bits per heavy atom. The van der Waals surface area contributed by atoms with Gasteiger partial charge < -0.3 is 22.1 Å². The number of unbranched alkanes of at least 4 members (excludes halogenated alkanes) is 1. The van der Waals surface area contributed by atoms with Crippen LogP contribution in [0.3, 0.4) is 0 Å². The molecule has 0 aliphatic carbocycles. The summed E-state index contributed by atoms with van der Waals surface area (Å²) in [7, 11) is 0. The van der Waals surface area contributed by atoms with Crippen LogP contribution in [0.25, 0.3) is 0 Å². The van der Waals surface area contributed by atoms with Crippen molar-refractivity contribution in [3.8, 4) is 0 Å². The van der Waals surface area contributed by atoms with Crippen LogP contribution in [0.15, 0.2) is 42.7 Å². The first-order chi connectivity index (χ1) is 10.1. The van der Waals surface area contributed by atoms with E-state index in [1.807, 2.05) is 21.7 Å². The summed E-state index contributed by atoms with van der Waals surface area (Å²) in [6.45, 7) is 3.21. The lowest BCUT2D eigenvalue weighted by Crippen LogP contribution is -3.00. The molecule has 2 heterocycles. The Morgan fingerprint density at radius 2 is 2.09 bits per heavy atom. The minimum Gasteiger partial charge on any atom is -1.00 e. The maximum atomic E-state index is 13.1. The summed E-state index contributed by atoms with van der Waals surface area (Å²) in [6, 6.07) is 7.89. The van der Waals surface area contributed by atoms with Gasteiger partial charge in [-0.1, -0.05) is 18.3 Å². The van der Waals surface area contributed by atoms with E-state index in [-0.39, 0.29) is 22.8 Å². The highest BCUT2D eigenvalue weighted by Gasteiger charge is 2.50. The van der Waals surface area contributed by atoms with Crippen molar-refractivity contribution in [3.05, 3.63) is 54.1 Å². The predicted octanol–water partition coefficient (Wildman–Crippen LogP) is -1.02. The van der Waals surface area contributed by atoms with Gasteiger partial charge in [0.05, 0.1) is 12.7 Å². The number of fused-ring (bicyclic) bond motifs is 1. The smallest absolute Gasteiger partial charge is 0.396 e. The van der Waals surface area contributed by atoms with Crippen molar-refractivity contribution in [3.63, 3.8) is 0 Å². The Balaban J connectivity index is 0.00000176. The standard InChI is InChI=1S/C16H19FN3O.BrH/c1-2-3-11-20-15-18-9-4-10-19(15)12-16(20,21)13-5-7-14(17)8-6-13;/h4-10,21H,2-3,11-12H2,1H3;1H/q+1;/p-1/t16-;/m1./s1. The van der Waals surface area contributed by atoms with Gasteiger partial charge in [-0.3, -0.25) is 0 Å². The topological polar surface area (TPSA) is 40.2 Å². The second-order valence-corrected chi connectivity index (χ2v) is 5.38. The molecule has 1 aliphatic heterocycles. The highest BCUT2D eigenvalue weighted by molar-refractivity contribution is 5.38. The van der Waals surface area contributed by atoms with Crippen LogP contribution < -0.4 is 26.4 Å². The van der Waals surface area contributed by atoms with Crippen LogP contribution in [0.1, 0.15) is 25.3 Å². The molecule has 0 amide bonds. The van der Waals surface area contributed by atoms with Crippen LogP contribution in [0.2, 0.25) is 0 Å². The lowest BCUT2D eigenvalue weighted by atomic mass is 10.0. The van der Waals surface area contributed by atoms with E-state index in [0.29, 0.717) is 18.7 Å². The fourth-order valence-electron chi connectivity index (χ4n) is 2.79. The third-order valence-electron chi connectivity index (χ3n) is 3.92. The normalized spacial score (nSPS) is 19.7. The van der Waals surface area contributed by atoms with Crippen molar-refractivity contribution in [2.45, 2.75) is 32.0 Å². The predicted molar refractivity (Wildman–Crippen MR) is 77.0 cm³/mol. The van der Waals surface area contributed by atoms with Crippen LogP contribution in [0.4, 0.5) is 10.3 Å². The molecule has 6 heteroatoms. The average molecular weight is 368 g/mol. The molecule has 0 saturated heterocycles. The molecule has 1 atom stereocenters. The van der Waals surface area contributed by atoms with E-state index in [4.69, 9.17) is 0 Å². The molecule has 1 aromatic carbocycles. The third kappa shape index (κ3) is 2.85. The second kappa shape index (κ2) is 6.71. The molecule has 1 aromatic heterocycles. The van der Waals surface area contributed by atoms with E-state index < -0.39 is 5.72 Å². The van der Waals surface area contributed by atoms with Crippen LogP contribution >= 0.6 is 0 Å². The molecule has 3 rings (SSSR count). The first kappa shape index (κ1) is 16.8. The average Bonchev–Trinajstić information content (AvgIpc) is 2.78. The van der Waals surface area contributed by atoms with Crippen LogP contribution in [0, 0.1) is 5.82 Å². The quantitative estimate of drug-likeness (QED) is 0.703. The summed E-state index contributed by atoms with van der Waals surface area (Å²) < 4.78 is 15.1. The van der Waals surface area contributed by atoms with E-state index in [2.05, 4.69) is 11.9 Å². The molecule has 4 nitrogen and oxygen atoms in total. The zero-order chi connectivity index (χ0) is 14.9. The number of hydrogen-bond donors (Lipinski definition) is 1. The van der Waals surface area contributed by atoms with Crippen molar-refractivity contribution in [2.75, 3.05) is 11.4 Å². The first-order valence-corrected chi connectivity index (χ1v) is 7.25. The number of anilines is 1. The summed E-state index contributed by atoms with van der Waals surface area (Å²) in [6.07, 6.45) is 5.62. The fraction of sp³-hybridized carbons (Fsp3) is 0.375. The Morgan fingerprint density at radius 1 is 1.36 bits per heavy atom. The molecular weight excluding hydrogens is 349 g/mol. The SMILES string of the molecule is CCCCN1c2nccc[n+]2C[C@@]1(O)c1ccc(F)cc1.[Br-]. The largest absolute Gasteiger partial charge is 1.00 e. The van der Waals surface area contributed by atoms with Crippen molar-refractivity contribution < 1.29 is 31.0 Å². The number of nitrogens with zero attached hydrogens (tertiary/aromatic N) is 3. The summed E-state index contributed by atoms with van der Waals surface area (Å²) in [4.78, 5) is 6.29. The lowest BCUT2D eigenvalue weighted by molar-refractivity contribution is -0.685. The van der Waals surface area contributed by atoms with E-state index in [9.17, 15) is 9.50 Å². The lowest BCUT2D eigenvalue weighted by Gasteiger charge is -2.28. The minimum absolute atomic E-state index is 0. The van der Waals surface area contributed by atoms with E-state index in [1.165, 1.54) is 12.1 Å². The van der Waals surface area contributed by atoms with Gasteiger partial charge in [-0.05, 0) is 30.7 Å². The van der Waals surface area contributed by atoms with Gasteiger partial charge in [-0.15, -0.1) is 0 Å². The number of rotatable bonds is 4. The summed E-state index contributed by atoms with van der Waals surface area (Å²) in [5.41, 5.74) is -0.491. The molecule has 0 spiro atoms. The first-order valence-electron chi connectivity index (χ1n) is 7.25. The molecule has 0 bridgehead atoms. The van der Waals surface area contributed by atoms with Crippen LogP contribution in [0.5, 0.6) is 0 Å². The van der Waals surface area contributed by atoms with E-state index >= 15 is 0 Å².